The molecule has 1 aliphatic carbocycles. The van der Waals surface area contributed by atoms with E-state index in [9.17, 15) is 10.1 Å². The van der Waals surface area contributed by atoms with Gasteiger partial charge in [0.1, 0.15) is 0 Å². The number of aliphatic imine (C=N–C) groups is 1. The number of Topliss-reactive ketones (excluding diaryl/α,β-unsaturated/α-hetero) is 1. The number of halogens is 2. The van der Waals surface area contributed by atoms with E-state index in [2.05, 4.69) is 44.9 Å². The highest BCUT2D eigenvalue weighted by Gasteiger charge is 2.41. The van der Waals surface area contributed by atoms with Gasteiger partial charge in [-0.15, -0.1) is 0 Å². The van der Waals surface area contributed by atoms with Gasteiger partial charge in [0.05, 0.1) is 29.7 Å². The van der Waals surface area contributed by atoms with E-state index < -0.39 is 5.92 Å². The highest BCUT2D eigenvalue weighted by molar-refractivity contribution is 9.10. The normalized spacial score (nSPS) is 21.9. The summed E-state index contributed by atoms with van der Waals surface area (Å²) in [4.78, 5) is 18.1. The van der Waals surface area contributed by atoms with Crippen molar-refractivity contribution < 1.29 is 14.3 Å². The first kappa shape index (κ1) is 27.9. The standard InChI is InChI=1S/C28H36Br2N2O3/c1-4-10-19-13-23-27(24(33)14-19)26(21(17-31)18(3)32-23)20-15-22(30)28(25(16-20)34-5-2)35-12-9-7-6-8-11-29/h15-16,19,21,26H,4-14H2,1-3H3. The molecule has 1 aromatic rings. The molecule has 1 aromatic carbocycles. The van der Waals surface area contributed by atoms with Crippen LogP contribution in [0.3, 0.4) is 0 Å². The molecule has 35 heavy (non-hydrogen) atoms. The minimum absolute atomic E-state index is 0.129. The lowest BCUT2D eigenvalue weighted by molar-refractivity contribution is -0.117. The number of unbranched alkanes of at least 4 members (excludes halogenated alkanes) is 3. The molecular formula is C28H36Br2N2O3. The summed E-state index contributed by atoms with van der Waals surface area (Å²) >= 11 is 7.17. The van der Waals surface area contributed by atoms with Crippen LogP contribution in [-0.2, 0) is 4.79 Å². The third-order valence-electron chi connectivity index (χ3n) is 6.77. The minimum atomic E-state index is -0.483. The maximum Gasteiger partial charge on any atom is 0.175 e. The Morgan fingerprint density at radius 1 is 1.14 bits per heavy atom. The van der Waals surface area contributed by atoms with E-state index in [0.717, 1.165) is 58.9 Å². The zero-order valence-corrected chi connectivity index (χ0v) is 24.2. The number of hydrogen-bond acceptors (Lipinski definition) is 5. The average molecular weight is 608 g/mol. The lowest BCUT2D eigenvalue weighted by Crippen LogP contribution is -2.32. The van der Waals surface area contributed by atoms with Crippen LogP contribution >= 0.6 is 31.9 Å². The highest BCUT2D eigenvalue weighted by atomic mass is 79.9. The third-order valence-corrected chi connectivity index (χ3v) is 7.92. The largest absolute Gasteiger partial charge is 0.490 e. The van der Waals surface area contributed by atoms with Crippen molar-refractivity contribution in [3.8, 4) is 17.6 Å². The second-order valence-corrected chi connectivity index (χ2v) is 11.0. The van der Waals surface area contributed by atoms with Crippen molar-refractivity contribution >= 4 is 43.4 Å². The number of nitrogens with zero attached hydrogens (tertiary/aromatic N) is 2. The molecule has 0 N–H and O–H groups in total. The van der Waals surface area contributed by atoms with Crippen molar-refractivity contribution in [2.75, 3.05) is 18.5 Å². The molecule has 0 spiro atoms. The maximum atomic E-state index is 13.4. The summed E-state index contributed by atoms with van der Waals surface area (Å²) in [5.74, 6) is 0.947. The number of nitriles is 1. The number of benzene rings is 1. The fourth-order valence-electron chi connectivity index (χ4n) is 5.17. The van der Waals surface area contributed by atoms with Crippen LogP contribution in [0.2, 0.25) is 0 Å². The van der Waals surface area contributed by atoms with Crippen LogP contribution in [0.25, 0.3) is 0 Å². The van der Waals surface area contributed by atoms with E-state index in [1.807, 2.05) is 26.0 Å². The summed E-state index contributed by atoms with van der Waals surface area (Å²) in [7, 11) is 0. The molecule has 0 saturated carbocycles. The first-order valence-corrected chi connectivity index (χ1v) is 14.7. The summed E-state index contributed by atoms with van der Waals surface area (Å²) in [6.07, 6.45) is 7.85. The monoisotopic (exact) mass is 606 g/mol. The average Bonchev–Trinajstić information content (AvgIpc) is 2.82. The van der Waals surface area contributed by atoms with E-state index in [0.29, 0.717) is 42.6 Å². The zero-order chi connectivity index (χ0) is 25.4. The molecule has 3 unspecified atom stereocenters. The van der Waals surface area contributed by atoms with Crippen LogP contribution in [0, 0.1) is 23.2 Å². The van der Waals surface area contributed by atoms with Gasteiger partial charge in [-0.1, -0.05) is 42.1 Å². The minimum Gasteiger partial charge on any atom is -0.490 e. The van der Waals surface area contributed by atoms with Gasteiger partial charge in [-0.05, 0) is 79.1 Å². The van der Waals surface area contributed by atoms with Crippen LogP contribution in [0.4, 0.5) is 0 Å². The van der Waals surface area contributed by atoms with Crippen molar-refractivity contribution in [1.29, 1.82) is 5.26 Å². The lowest BCUT2D eigenvalue weighted by atomic mass is 9.70. The molecule has 5 nitrogen and oxygen atoms in total. The van der Waals surface area contributed by atoms with Gasteiger partial charge in [0.25, 0.3) is 0 Å². The highest BCUT2D eigenvalue weighted by Crippen LogP contribution is 2.48. The summed E-state index contributed by atoms with van der Waals surface area (Å²) in [5, 5.41) is 11.1. The first-order chi connectivity index (χ1) is 16.9. The fraction of sp³-hybridized carbons (Fsp3) is 0.607. The second-order valence-electron chi connectivity index (χ2n) is 9.40. The lowest BCUT2D eigenvalue weighted by Gasteiger charge is -2.35. The van der Waals surface area contributed by atoms with Crippen LogP contribution < -0.4 is 9.47 Å². The van der Waals surface area contributed by atoms with Crippen molar-refractivity contribution in [3.63, 3.8) is 0 Å². The Hall–Kier alpha value is -1.65. The van der Waals surface area contributed by atoms with E-state index in [1.165, 1.54) is 12.8 Å². The molecule has 1 aliphatic heterocycles. The molecule has 0 saturated heterocycles. The molecule has 0 aromatic heterocycles. The number of rotatable bonds is 12. The van der Waals surface area contributed by atoms with Crippen molar-refractivity contribution in [2.24, 2.45) is 16.8 Å². The van der Waals surface area contributed by atoms with Crippen LogP contribution in [-0.4, -0.2) is 30.0 Å². The molecule has 1 heterocycles. The van der Waals surface area contributed by atoms with Crippen LogP contribution in [0.1, 0.15) is 83.6 Å². The maximum absolute atomic E-state index is 13.4. The first-order valence-electron chi connectivity index (χ1n) is 12.8. The Morgan fingerprint density at radius 3 is 2.60 bits per heavy atom. The number of carbonyl (C=O) groups excluding carboxylic acids is 1. The molecule has 190 valence electrons. The van der Waals surface area contributed by atoms with Crippen LogP contribution in [0.5, 0.6) is 11.5 Å². The van der Waals surface area contributed by atoms with Crippen molar-refractivity contribution in [1.82, 2.24) is 0 Å². The summed E-state index contributed by atoms with van der Waals surface area (Å²) in [6, 6.07) is 6.38. The van der Waals surface area contributed by atoms with Gasteiger partial charge in [0.15, 0.2) is 17.3 Å². The molecule has 3 atom stereocenters. The van der Waals surface area contributed by atoms with Gasteiger partial charge in [0, 0.05) is 34.7 Å². The molecule has 2 aliphatic rings. The molecule has 0 bridgehead atoms. The Bertz CT molecular complexity index is 1010. The summed E-state index contributed by atoms with van der Waals surface area (Å²) in [5.41, 5.74) is 3.25. The molecular weight excluding hydrogens is 572 g/mol. The molecule has 0 fully saturated rings. The van der Waals surface area contributed by atoms with Crippen molar-refractivity contribution in [2.45, 2.75) is 78.1 Å². The fourth-order valence-corrected chi connectivity index (χ4v) is 6.14. The number of ketones is 1. The molecule has 0 radical (unpaired) electrons. The number of ether oxygens (including phenoxy) is 2. The number of allylic oxidation sites excluding steroid dienone is 2. The van der Waals surface area contributed by atoms with Gasteiger partial charge >= 0.3 is 0 Å². The van der Waals surface area contributed by atoms with Gasteiger partial charge in [-0.3, -0.25) is 9.79 Å². The van der Waals surface area contributed by atoms with E-state index in [4.69, 9.17) is 14.5 Å². The summed E-state index contributed by atoms with van der Waals surface area (Å²) < 4.78 is 12.9. The Kier molecular flexibility index (Phi) is 10.9. The van der Waals surface area contributed by atoms with Gasteiger partial charge < -0.3 is 9.47 Å². The molecule has 7 heteroatoms. The second kappa shape index (κ2) is 13.6. The zero-order valence-electron chi connectivity index (χ0n) is 21.0. The van der Waals surface area contributed by atoms with E-state index in [-0.39, 0.29) is 11.7 Å². The third kappa shape index (κ3) is 6.77. The Labute approximate surface area is 226 Å². The molecule has 0 amide bonds. The predicted molar refractivity (Wildman–Crippen MR) is 148 cm³/mol. The number of hydrogen-bond donors (Lipinski definition) is 0. The van der Waals surface area contributed by atoms with Gasteiger partial charge in [-0.2, -0.15) is 5.26 Å². The van der Waals surface area contributed by atoms with Crippen LogP contribution in [0.15, 0.2) is 32.9 Å². The van der Waals surface area contributed by atoms with E-state index in [1.54, 1.807) is 0 Å². The predicted octanol–water partition coefficient (Wildman–Crippen LogP) is 7.91. The smallest absolute Gasteiger partial charge is 0.175 e. The van der Waals surface area contributed by atoms with E-state index >= 15 is 0 Å². The molecule has 3 rings (SSSR count). The Morgan fingerprint density at radius 2 is 1.91 bits per heavy atom. The topological polar surface area (TPSA) is 71.7 Å². The Balaban J connectivity index is 1.95. The quantitative estimate of drug-likeness (QED) is 0.179. The van der Waals surface area contributed by atoms with Crippen molar-refractivity contribution in [3.05, 3.63) is 33.4 Å². The summed E-state index contributed by atoms with van der Waals surface area (Å²) in [6.45, 7) is 7.11. The number of carbonyl (C=O) groups is 1. The SMILES string of the molecule is CCCC1CC(=O)C2=C(C1)N=C(C)C(C#N)C2c1cc(Br)c(OCCCCCCBr)c(OCC)c1. The number of alkyl halides is 1. The van der Waals surface area contributed by atoms with Gasteiger partial charge in [-0.25, -0.2) is 0 Å². The van der Waals surface area contributed by atoms with Gasteiger partial charge in [0.2, 0.25) is 0 Å².